The average Bonchev–Trinajstić information content (AvgIpc) is 2.65. The third kappa shape index (κ3) is 3.41. The molecule has 0 aliphatic carbocycles. The summed E-state index contributed by atoms with van der Waals surface area (Å²) in [7, 11) is 0. The van der Waals surface area contributed by atoms with Crippen LogP contribution in [0.4, 0.5) is 0 Å². The van der Waals surface area contributed by atoms with Crippen LogP contribution >= 0.6 is 0 Å². The molecule has 0 bridgehead atoms. The molecule has 6 nitrogen and oxygen atoms in total. The highest BCUT2D eigenvalue weighted by atomic mass is 16.5. The molecule has 3 N–H and O–H groups in total. The van der Waals surface area contributed by atoms with Crippen LogP contribution < -0.4 is 10.6 Å². The van der Waals surface area contributed by atoms with E-state index < -0.39 is 11.5 Å². The molecule has 1 aliphatic heterocycles. The summed E-state index contributed by atoms with van der Waals surface area (Å²) in [6, 6.07) is -0.0374. The van der Waals surface area contributed by atoms with E-state index in [-0.39, 0.29) is 17.9 Å². The van der Waals surface area contributed by atoms with Gasteiger partial charge >= 0.3 is 5.97 Å². The number of carbonyl (C=O) groups excluding carboxylic acids is 1. The van der Waals surface area contributed by atoms with Crippen molar-refractivity contribution in [2.24, 2.45) is 5.92 Å². The highest BCUT2D eigenvalue weighted by Crippen LogP contribution is 2.15. The Kier molecular flexibility index (Phi) is 4.47. The van der Waals surface area contributed by atoms with Crippen molar-refractivity contribution in [1.82, 2.24) is 10.6 Å². The third-order valence-electron chi connectivity index (χ3n) is 2.85. The molecule has 0 aromatic heterocycles. The van der Waals surface area contributed by atoms with E-state index >= 15 is 0 Å². The first-order valence-electron chi connectivity index (χ1n) is 5.75. The normalized spacial score (nSPS) is 24.6. The Morgan fingerprint density at radius 3 is 2.59 bits per heavy atom. The van der Waals surface area contributed by atoms with Gasteiger partial charge in [0, 0.05) is 6.04 Å². The van der Waals surface area contributed by atoms with Crippen LogP contribution in [0.2, 0.25) is 0 Å². The maximum Gasteiger partial charge on any atom is 0.328 e. The fourth-order valence-corrected chi connectivity index (χ4v) is 1.73. The second-order valence-corrected chi connectivity index (χ2v) is 4.73. The number of hydrogen-bond donors (Lipinski definition) is 3. The Morgan fingerprint density at radius 1 is 1.41 bits per heavy atom. The average molecular weight is 244 g/mol. The van der Waals surface area contributed by atoms with E-state index in [0.29, 0.717) is 13.2 Å². The summed E-state index contributed by atoms with van der Waals surface area (Å²) in [5.41, 5.74) is -1.25. The maximum absolute atomic E-state index is 12.0. The molecule has 2 atom stereocenters. The standard InChI is InChI=1S/C11H20N2O4/c1-4-12-8-6-17-5-7(8)9(14)13-11(2,3)10(15)16/h7-8,12H,4-6H2,1-3H3,(H,13,14)(H,15,16). The van der Waals surface area contributed by atoms with Crippen LogP contribution in [0.1, 0.15) is 20.8 Å². The zero-order valence-corrected chi connectivity index (χ0v) is 10.4. The molecule has 0 aromatic carbocycles. The van der Waals surface area contributed by atoms with Gasteiger partial charge < -0.3 is 20.5 Å². The lowest BCUT2D eigenvalue weighted by atomic mass is 9.99. The van der Waals surface area contributed by atoms with Gasteiger partial charge in [0.1, 0.15) is 5.54 Å². The van der Waals surface area contributed by atoms with Gasteiger partial charge in [-0.3, -0.25) is 4.79 Å². The molecule has 1 saturated heterocycles. The van der Waals surface area contributed by atoms with E-state index in [1.165, 1.54) is 13.8 Å². The largest absolute Gasteiger partial charge is 0.480 e. The third-order valence-corrected chi connectivity index (χ3v) is 2.85. The number of rotatable bonds is 5. The molecule has 1 rings (SSSR count). The Hall–Kier alpha value is -1.14. The van der Waals surface area contributed by atoms with Crippen LogP contribution in [-0.4, -0.2) is 48.3 Å². The molecule has 6 heteroatoms. The smallest absolute Gasteiger partial charge is 0.328 e. The molecule has 0 spiro atoms. The molecule has 98 valence electrons. The van der Waals surface area contributed by atoms with E-state index in [9.17, 15) is 9.59 Å². The molecular formula is C11H20N2O4. The monoisotopic (exact) mass is 244 g/mol. The van der Waals surface area contributed by atoms with Crippen LogP contribution in [0.25, 0.3) is 0 Å². The summed E-state index contributed by atoms with van der Waals surface area (Å²) in [6.07, 6.45) is 0. The summed E-state index contributed by atoms with van der Waals surface area (Å²) in [6.45, 7) is 6.45. The molecule has 2 unspecified atom stereocenters. The first-order valence-corrected chi connectivity index (χ1v) is 5.75. The quantitative estimate of drug-likeness (QED) is 0.612. The summed E-state index contributed by atoms with van der Waals surface area (Å²) < 4.78 is 5.25. The lowest BCUT2D eigenvalue weighted by Crippen LogP contribution is -2.54. The van der Waals surface area contributed by atoms with E-state index in [4.69, 9.17) is 9.84 Å². The summed E-state index contributed by atoms with van der Waals surface area (Å²) in [4.78, 5) is 22.9. The van der Waals surface area contributed by atoms with Crippen molar-refractivity contribution < 1.29 is 19.4 Å². The maximum atomic E-state index is 12.0. The van der Waals surface area contributed by atoms with Crippen LogP contribution in [0, 0.1) is 5.92 Å². The van der Waals surface area contributed by atoms with Gasteiger partial charge in [0.05, 0.1) is 19.1 Å². The number of amides is 1. The second kappa shape index (κ2) is 5.46. The summed E-state index contributed by atoms with van der Waals surface area (Å²) in [5, 5.41) is 14.6. The zero-order valence-electron chi connectivity index (χ0n) is 10.4. The molecular weight excluding hydrogens is 224 g/mol. The van der Waals surface area contributed by atoms with Gasteiger partial charge in [-0.2, -0.15) is 0 Å². The van der Waals surface area contributed by atoms with Crippen molar-refractivity contribution in [3.63, 3.8) is 0 Å². The Balaban J connectivity index is 2.61. The Bertz CT molecular complexity index is 304. The molecule has 0 saturated carbocycles. The fraction of sp³-hybridized carbons (Fsp3) is 0.818. The molecule has 0 aromatic rings. The number of likely N-dealkylation sites (N-methyl/N-ethyl adjacent to an activating group) is 1. The first-order chi connectivity index (χ1) is 7.88. The summed E-state index contributed by atoms with van der Waals surface area (Å²) >= 11 is 0. The predicted molar refractivity (Wildman–Crippen MR) is 61.6 cm³/mol. The van der Waals surface area contributed by atoms with Gasteiger partial charge in [0.2, 0.25) is 5.91 Å². The lowest BCUT2D eigenvalue weighted by Gasteiger charge is -2.25. The van der Waals surface area contributed by atoms with E-state index in [1.54, 1.807) is 0 Å². The van der Waals surface area contributed by atoms with Crippen molar-refractivity contribution in [1.29, 1.82) is 0 Å². The SMILES string of the molecule is CCNC1COCC1C(=O)NC(C)(C)C(=O)O. The van der Waals surface area contributed by atoms with Gasteiger partial charge in [-0.1, -0.05) is 6.92 Å². The topological polar surface area (TPSA) is 87.7 Å². The van der Waals surface area contributed by atoms with Crippen molar-refractivity contribution >= 4 is 11.9 Å². The highest BCUT2D eigenvalue weighted by molar-refractivity contribution is 5.88. The number of aliphatic carboxylic acids is 1. The fourth-order valence-electron chi connectivity index (χ4n) is 1.73. The van der Waals surface area contributed by atoms with Crippen molar-refractivity contribution in [3.8, 4) is 0 Å². The molecule has 1 aliphatic rings. The molecule has 1 heterocycles. The number of carbonyl (C=O) groups is 2. The number of hydrogen-bond acceptors (Lipinski definition) is 4. The minimum absolute atomic E-state index is 0.0374. The van der Waals surface area contributed by atoms with E-state index in [1.807, 2.05) is 6.92 Å². The molecule has 0 radical (unpaired) electrons. The van der Waals surface area contributed by atoms with Crippen LogP contribution in [0.5, 0.6) is 0 Å². The number of carboxylic acid groups (broad SMARTS) is 1. The van der Waals surface area contributed by atoms with Crippen LogP contribution in [-0.2, 0) is 14.3 Å². The summed E-state index contributed by atoms with van der Waals surface area (Å²) in [5.74, 6) is -1.65. The van der Waals surface area contributed by atoms with E-state index in [0.717, 1.165) is 6.54 Å². The van der Waals surface area contributed by atoms with Crippen LogP contribution in [0.3, 0.4) is 0 Å². The number of ether oxygens (including phenoxy) is 1. The van der Waals surface area contributed by atoms with Crippen molar-refractivity contribution in [3.05, 3.63) is 0 Å². The van der Waals surface area contributed by atoms with Gasteiger partial charge in [-0.15, -0.1) is 0 Å². The van der Waals surface area contributed by atoms with Gasteiger partial charge in [0.15, 0.2) is 0 Å². The van der Waals surface area contributed by atoms with E-state index in [2.05, 4.69) is 10.6 Å². The molecule has 1 amide bonds. The predicted octanol–water partition coefficient (Wildman–Crippen LogP) is -0.410. The number of nitrogens with one attached hydrogen (secondary N) is 2. The van der Waals surface area contributed by atoms with Crippen LogP contribution in [0.15, 0.2) is 0 Å². The van der Waals surface area contributed by atoms with Crippen molar-refractivity contribution in [2.75, 3.05) is 19.8 Å². The number of carboxylic acids is 1. The Morgan fingerprint density at radius 2 is 2.06 bits per heavy atom. The Labute approximate surface area is 101 Å². The van der Waals surface area contributed by atoms with Gasteiger partial charge in [0.25, 0.3) is 0 Å². The zero-order chi connectivity index (χ0) is 13.1. The second-order valence-electron chi connectivity index (χ2n) is 4.73. The molecule has 17 heavy (non-hydrogen) atoms. The highest BCUT2D eigenvalue weighted by Gasteiger charge is 2.37. The van der Waals surface area contributed by atoms with Gasteiger partial charge in [-0.25, -0.2) is 4.79 Å². The minimum atomic E-state index is -1.25. The minimum Gasteiger partial charge on any atom is -0.480 e. The molecule has 1 fully saturated rings. The lowest BCUT2D eigenvalue weighted by molar-refractivity contribution is -0.146. The van der Waals surface area contributed by atoms with Gasteiger partial charge in [-0.05, 0) is 20.4 Å². The van der Waals surface area contributed by atoms with Crippen molar-refractivity contribution in [2.45, 2.75) is 32.4 Å². The first kappa shape index (κ1) is 13.9.